The predicted molar refractivity (Wildman–Crippen MR) is 119 cm³/mol. The number of hydrogen-bond acceptors (Lipinski definition) is 4. The molecule has 174 valence electrons. The molecule has 0 saturated heterocycles. The number of aliphatic hydroxyl groups excluding tert-OH is 2. The summed E-state index contributed by atoms with van der Waals surface area (Å²) < 4.78 is 22.2. The van der Waals surface area contributed by atoms with Crippen LogP contribution in [0.25, 0.3) is 0 Å². The van der Waals surface area contributed by atoms with Crippen LogP contribution < -0.4 is 0 Å². The predicted octanol–water partition coefficient (Wildman–Crippen LogP) is 4.52. The highest BCUT2D eigenvalue weighted by molar-refractivity contribution is 7.79. The van der Waals surface area contributed by atoms with Crippen molar-refractivity contribution in [2.24, 2.45) is 52.3 Å². The highest BCUT2D eigenvalue weighted by atomic mass is 32.2. The van der Waals surface area contributed by atoms with Gasteiger partial charge in [-0.15, -0.1) is 0 Å². The minimum atomic E-state index is -1.95. The van der Waals surface area contributed by atoms with Gasteiger partial charge in [0.25, 0.3) is 0 Å². The van der Waals surface area contributed by atoms with Crippen LogP contribution in [0.2, 0.25) is 0 Å². The zero-order valence-corrected chi connectivity index (χ0v) is 20.2. The van der Waals surface area contributed by atoms with E-state index in [4.69, 9.17) is 0 Å². The molecule has 12 atom stereocenters. The Balaban J connectivity index is 1.61. The van der Waals surface area contributed by atoms with Gasteiger partial charge in [-0.2, -0.15) is 0 Å². The van der Waals surface area contributed by atoms with Gasteiger partial charge in [0.2, 0.25) is 0 Å². The van der Waals surface area contributed by atoms with E-state index in [1.165, 1.54) is 25.7 Å². The molecule has 0 heterocycles. The van der Waals surface area contributed by atoms with E-state index in [1.54, 1.807) is 0 Å². The topological polar surface area (TPSA) is 80.6 Å². The van der Waals surface area contributed by atoms with E-state index >= 15 is 0 Å². The van der Waals surface area contributed by atoms with Gasteiger partial charge in [-0.05, 0) is 104 Å². The Bertz CT molecular complexity index is 655. The quantitative estimate of drug-likeness (QED) is 0.617. The summed E-state index contributed by atoms with van der Waals surface area (Å²) in [5.41, 5.74) is 0.468. The summed E-state index contributed by atoms with van der Waals surface area (Å²) in [6.07, 6.45) is 8.94. The molecule has 0 bridgehead atoms. The standard InChI is InChI=1S/C25H44O4S/c1-5-17-21-14-16(26)8-11-25(21,4)20-9-12-24(3)18(15(2)10-13-30(28)29)6-7-19(24)22(20)23(17)27/h15-23,26-27H,5-14H2,1-4H3,(H,28,29)/p-1/t15-,16-,17-,18-,19+,20+,21+,22+,23-,24-,25-/m1/s1. The van der Waals surface area contributed by atoms with Crippen LogP contribution in [0.5, 0.6) is 0 Å². The molecule has 0 amide bonds. The van der Waals surface area contributed by atoms with Gasteiger partial charge in [0.15, 0.2) is 0 Å². The monoisotopic (exact) mass is 439 g/mol. The maximum Gasteiger partial charge on any atom is 0.0605 e. The molecule has 0 aromatic rings. The molecule has 4 rings (SSSR count). The minimum Gasteiger partial charge on any atom is -0.772 e. The summed E-state index contributed by atoms with van der Waals surface area (Å²) in [7, 11) is 0. The average molecular weight is 440 g/mol. The molecular formula is C25H43O4S-. The molecule has 5 heteroatoms. The van der Waals surface area contributed by atoms with Crippen molar-refractivity contribution < 1.29 is 19.0 Å². The van der Waals surface area contributed by atoms with Crippen molar-refractivity contribution in [3.63, 3.8) is 0 Å². The van der Waals surface area contributed by atoms with Crippen LogP contribution >= 0.6 is 0 Å². The lowest BCUT2D eigenvalue weighted by Gasteiger charge is -2.64. The van der Waals surface area contributed by atoms with Crippen LogP contribution in [0.4, 0.5) is 0 Å². The van der Waals surface area contributed by atoms with E-state index in [2.05, 4.69) is 27.7 Å². The lowest BCUT2D eigenvalue weighted by atomic mass is 9.41. The SMILES string of the molecule is CC[C@H]1[C@@H](O)[C@@H]2[C@H](CC[C@]3(C)[C@@H]([C@H](C)CCS(=O)[O-])CC[C@@H]23)[C@@]2(C)CC[C@@H](O)C[C@@H]12. The van der Waals surface area contributed by atoms with Gasteiger partial charge >= 0.3 is 0 Å². The maximum absolute atomic E-state index is 11.7. The first-order chi connectivity index (χ1) is 14.1. The second-order valence-corrected chi connectivity index (χ2v) is 12.9. The van der Waals surface area contributed by atoms with Crippen molar-refractivity contribution in [1.29, 1.82) is 0 Å². The number of aliphatic hydroxyl groups is 2. The van der Waals surface area contributed by atoms with Crippen LogP contribution in [0, 0.1) is 52.3 Å². The van der Waals surface area contributed by atoms with E-state index in [1.807, 2.05) is 0 Å². The van der Waals surface area contributed by atoms with Gasteiger partial charge in [0.05, 0.1) is 12.2 Å². The lowest BCUT2D eigenvalue weighted by molar-refractivity contribution is -0.203. The largest absolute Gasteiger partial charge is 0.772 e. The zero-order chi connectivity index (χ0) is 21.8. The lowest BCUT2D eigenvalue weighted by Crippen LogP contribution is -2.62. The van der Waals surface area contributed by atoms with Crippen molar-refractivity contribution >= 4 is 11.1 Å². The third kappa shape index (κ3) is 3.54. The zero-order valence-electron chi connectivity index (χ0n) is 19.4. The summed E-state index contributed by atoms with van der Waals surface area (Å²) in [5, 5.41) is 22.1. The van der Waals surface area contributed by atoms with Gasteiger partial charge in [-0.1, -0.05) is 45.2 Å². The van der Waals surface area contributed by atoms with E-state index in [9.17, 15) is 19.0 Å². The van der Waals surface area contributed by atoms with Gasteiger partial charge in [-0.25, -0.2) is 0 Å². The summed E-state index contributed by atoms with van der Waals surface area (Å²) in [6, 6.07) is 0. The molecule has 4 aliphatic carbocycles. The van der Waals surface area contributed by atoms with Crippen LogP contribution in [-0.2, 0) is 11.1 Å². The fraction of sp³-hybridized carbons (Fsp3) is 1.00. The third-order valence-electron chi connectivity index (χ3n) is 10.9. The molecule has 30 heavy (non-hydrogen) atoms. The molecule has 0 aromatic carbocycles. The summed E-state index contributed by atoms with van der Waals surface area (Å²) in [5.74, 6) is 3.49. The smallest absolute Gasteiger partial charge is 0.0605 e. The van der Waals surface area contributed by atoms with Gasteiger partial charge in [0.1, 0.15) is 0 Å². The molecule has 4 nitrogen and oxygen atoms in total. The van der Waals surface area contributed by atoms with Gasteiger partial charge in [0, 0.05) is 5.75 Å². The Kier molecular flexibility index (Phi) is 6.51. The molecule has 0 aromatic heterocycles. The minimum absolute atomic E-state index is 0.196. The molecule has 4 aliphatic rings. The van der Waals surface area contributed by atoms with Crippen LogP contribution in [-0.4, -0.2) is 36.9 Å². The Morgan fingerprint density at radius 1 is 1.03 bits per heavy atom. The summed E-state index contributed by atoms with van der Waals surface area (Å²) in [4.78, 5) is 0. The second-order valence-electron chi connectivity index (χ2n) is 11.9. The van der Waals surface area contributed by atoms with Crippen molar-refractivity contribution in [1.82, 2.24) is 0 Å². The molecule has 0 aliphatic heterocycles. The Labute approximate surface area is 185 Å². The Hall–Kier alpha value is 0.0300. The highest BCUT2D eigenvalue weighted by Crippen LogP contribution is 2.69. The fourth-order valence-corrected chi connectivity index (χ4v) is 9.98. The van der Waals surface area contributed by atoms with E-state index in [0.717, 1.165) is 32.1 Å². The second kappa shape index (κ2) is 8.43. The number of hydrogen-bond donors (Lipinski definition) is 2. The highest BCUT2D eigenvalue weighted by Gasteiger charge is 2.64. The van der Waals surface area contributed by atoms with Crippen LogP contribution in [0.3, 0.4) is 0 Å². The molecule has 0 radical (unpaired) electrons. The van der Waals surface area contributed by atoms with Gasteiger partial charge in [-0.3, -0.25) is 4.21 Å². The fourth-order valence-electron chi connectivity index (χ4n) is 9.42. The Morgan fingerprint density at radius 2 is 1.70 bits per heavy atom. The number of rotatable bonds is 5. The molecule has 1 unspecified atom stereocenters. The van der Waals surface area contributed by atoms with Crippen molar-refractivity contribution in [2.45, 2.75) is 97.7 Å². The first-order valence-electron chi connectivity index (χ1n) is 12.6. The summed E-state index contributed by atoms with van der Waals surface area (Å²) in [6.45, 7) is 9.42. The van der Waals surface area contributed by atoms with Gasteiger partial charge < -0.3 is 14.8 Å². The maximum atomic E-state index is 11.7. The molecule has 4 saturated carbocycles. The average Bonchev–Trinajstić information content (AvgIpc) is 3.05. The Morgan fingerprint density at radius 3 is 2.37 bits per heavy atom. The molecule has 2 N–H and O–H groups in total. The summed E-state index contributed by atoms with van der Waals surface area (Å²) >= 11 is -1.95. The van der Waals surface area contributed by atoms with E-state index in [0.29, 0.717) is 41.4 Å². The first-order valence-corrected chi connectivity index (χ1v) is 13.8. The van der Waals surface area contributed by atoms with E-state index in [-0.39, 0.29) is 28.8 Å². The first kappa shape index (κ1) is 23.2. The third-order valence-corrected chi connectivity index (χ3v) is 11.5. The molecule has 4 fully saturated rings. The van der Waals surface area contributed by atoms with Crippen molar-refractivity contribution in [3.05, 3.63) is 0 Å². The van der Waals surface area contributed by atoms with Crippen LogP contribution in [0.15, 0.2) is 0 Å². The molecule has 0 spiro atoms. The van der Waals surface area contributed by atoms with E-state index < -0.39 is 11.1 Å². The van der Waals surface area contributed by atoms with Crippen molar-refractivity contribution in [2.75, 3.05) is 5.75 Å². The van der Waals surface area contributed by atoms with Crippen LogP contribution in [0.1, 0.15) is 85.5 Å². The molecular weight excluding hydrogens is 396 g/mol. The van der Waals surface area contributed by atoms with Crippen molar-refractivity contribution in [3.8, 4) is 0 Å². The normalized spacial score (nSPS) is 52.8. The number of fused-ring (bicyclic) bond motifs is 5.